The topological polar surface area (TPSA) is 21.3 Å². The molecule has 0 aliphatic carbocycles. The van der Waals surface area contributed by atoms with Crippen LogP contribution in [-0.4, -0.2) is 6.54 Å². The van der Waals surface area contributed by atoms with Crippen LogP contribution in [0.25, 0.3) is 0 Å². The number of hydrogen-bond acceptors (Lipinski definition) is 2. The minimum atomic E-state index is 0.812. The predicted molar refractivity (Wildman–Crippen MR) is 87.4 cm³/mol. The maximum absolute atomic E-state index is 6.06. The normalized spacial score (nSPS) is 10.6. The summed E-state index contributed by atoms with van der Waals surface area (Å²) in [4.78, 5) is 0. The highest BCUT2D eigenvalue weighted by Crippen LogP contribution is 2.29. The van der Waals surface area contributed by atoms with Crippen molar-refractivity contribution in [1.29, 1.82) is 0 Å². The van der Waals surface area contributed by atoms with Crippen molar-refractivity contribution in [2.45, 2.75) is 26.8 Å². The zero-order valence-corrected chi connectivity index (χ0v) is 13.5. The number of benzene rings is 2. The van der Waals surface area contributed by atoms with Gasteiger partial charge in [-0.25, -0.2) is 0 Å². The zero-order valence-electron chi connectivity index (χ0n) is 11.9. The number of nitrogens with one attached hydrogen (secondary N) is 1. The molecule has 2 aromatic rings. The highest BCUT2D eigenvalue weighted by molar-refractivity contribution is 9.10. The summed E-state index contributed by atoms with van der Waals surface area (Å²) in [5.41, 5.74) is 2.45. The SMILES string of the molecule is CCNCc1ccc(Br)cc1Oc1cccc(CC)c1. The standard InChI is InChI=1S/C17H20BrNO/c1-3-13-6-5-7-16(10-13)20-17-11-15(18)9-8-14(17)12-19-4-2/h5-11,19H,3-4,12H2,1-2H3. The highest BCUT2D eigenvalue weighted by atomic mass is 79.9. The first-order valence-corrected chi connectivity index (χ1v) is 7.78. The third kappa shape index (κ3) is 4.09. The second-order valence-electron chi connectivity index (χ2n) is 4.64. The first kappa shape index (κ1) is 15.1. The van der Waals surface area contributed by atoms with E-state index >= 15 is 0 Å². The van der Waals surface area contributed by atoms with Gasteiger partial charge in [-0.2, -0.15) is 0 Å². The smallest absolute Gasteiger partial charge is 0.133 e. The van der Waals surface area contributed by atoms with Crippen LogP contribution in [0.3, 0.4) is 0 Å². The van der Waals surface area contributed by atoms with Gasteiger partial charge in [-0.15, -0.1) is 0 Å². The first-order chi connectivity index (χ1) is 9.72. The quantitative estimate of drug-likeness (QED) is 0.810. The lowest BCUT2D eigenvalue weighted by Crippen LogP contribution is -2.12. The van der Waals surface area contributed by atoms with Crippen LogP contribution < -0.4 is 10.1 Å². The molecule has 0 fully saturated rings. The Balaban J connectivity index is 2.24. The summed E-state index contributed by atoms with van der Waals surface area (Å²) in [5, 5.41) is 3.34. The Morgan fingerprint density at radius 2 is 1.95 bits per heavy atom. The molecule has 106 valence electrons. The number of hydrogen-bond donors (Lipinski definition) is 1. The second-order valence-corrected chi connectivity index (χ2v) is 5.55. The number of ether oxygens (including phenoxy) is 1. The van der Waals surface area contributed by atoms with Crippen molar-refractivity contribution in [3.63, 3.8) is 0 Å². The van der Waals surface area contributed by atoms with Crippen molar-refractivity contribution in [2.75, 3.05) is 6.54 Å². The molecule has 2 aromatic carbocycles. The molecule has 0 aliphatic rings. The van der Waals surface area contributed by atoms with Gasteiger partial charge in [-0.1, -0.05) is 48.0 Å². The van der Waals surface area contributed by atoms with Gasteiger partial charge in [0, 0.05) is 16.6 Å². The van der Waals surface area contributed by atoms with Crippen LogP contribution in [0.1, 0.15) is 25.0 Å². The second kappa shape index (κ2) is 7.46. The molecule has 1 N–H and O–H groups in total. The van der Waals surface area contributed by atoms with Crippen molar-refractivity contribution in [3.05, 3.63) is 58.1 Å². The van der Waals surface area contributed by atoms with E-state index in [0.29, 0.717) is 0 Å². The van der Waals surface area contributed by atoms with Crippen molar-refractivity contribution in [3.8, 4) is 11.5 Å². The van der Waals surface area contributed by atoms with Crippen molar-refractivity contribution < 1.29 is 4.74 Å². The number of aryl methyl sites for hydroxylation is 1. The molecule has 0 atom stereocenters. The molecule has 0 aromatic heterocycles. The summed E-state index contributed by atoms with van der Waals surface area (Å²) in [6.45, 7) is 6.01. The minimum absolute atomic E-state index is 0.812. The molecule has 0 radical (unpaired) electrons. The highest BCUT2D eigenvalue weighted by Gasteiger charge is 2.06. The van der Waals surface area contributed by atoms with Gasteiger partial charge < -0.3 is 10.1 Å². The van der Waals surface area contributed by atoms with E-state index in [1.54, 1.807) is 0 Å². The molecule has 2 rings (SSSR count). The van der Waals surface area contributed by atoms with Gasteiger partial charge in [-0.05, 0) is 42.8 Å². The number of rotatable bonds is 6. The Labute approximate surface area is 129 Å². The molecule has 0 saturated carbocycles. The average Bonchev–Trinajstić information content (AvgIpc) is 2.47. The maximum atomic E-state index is 6.06. The number of halogens is 1. The van der Waals surface area contributed by atoms with Crippen LogP contribution >= 0.6 is 15.9 Å². The van der Waals surface area contributed by atoms with Crippen LogP contribution in [0.4, 0.5) is 0 Å². The summed E-state index contributed by atoms with van der Waals surface area (Å²) in [7, 11) is 0. The monoisotopic (exact) mass is 333 g/mol. The molecule has 2 nitrogen and oxygen atoms in total. The van der Waals surface area contributed by atoms with Crippen LogP contribution in [0.2, 0.25) is 0 Å². The molecule has 0 amide bonds. The summed E-state index contributed by atoms with van der Waals surface area (Å²) in [6, 6.07) is 14.4. The fraction of sp³-hybridized carbons (Fsp3) is 0.294. The van der Waals surface area contributed by atoms with E-state index in [4.69, 9.17) is 4.74 Å². The molecule has 3 heteroatoms. The molecule has 0 saturated heterocycles. The van der Waals surface area contributed by atoms with Crippen LogP contribution in [-0.2, 0) is 13.0 Å². The lowest BCUT2D eigenvalue weighted by molar-refractivity contribution is 0.472. The maximum Gasteiger partial charge on any atom is 0.133 e. The van der Waals surface area contributed by atoms with E-state index in [2.05, 4.69) is 53.3 Å². The van der Waals surface area contributed by atoms with Gasteiger partial charge in [-0.3, -0.25) is 0 Å². The summed E-state index contributed by atoms with van der Waals surface area (Å²) in [6.07, 6.45) is 1.01. The third-order valence-corrected chi connectivity index (χ3v) is 3.62. The Morgan fingerprint density at radius 1 is 1.10 bits per heavy atom. The lowest BCUT2D eigenvalue weighted by atomic mass is 10.1. The van der Waals surface area contributed by atoms with Gasteiger partial charge in [0.2, 0.25) is 0 Å². The minimum Gasteiger partial charge on any atom is -0.457 e. The van der Waals surface area contributed by atoms with Crippen molar-refractivity contribution in [2.24, 2.45) is 0 Å². The fourth-order valence-electron chi connectivity index (χ4n) is 1.98. The first-order valence-electron chi connectivity index (χ1n) is 6.99. The molecule has 0 heterocycles. The molecule has 0 unspecified atom stereocenters. The Morgan fingerprint density at radius 3 is 2.70 bits per heavy atom. The third-order valence-electron chi connectivity index (χ3n) is 3.13. The van der Waals surface area contributed by atoms with Gasteiger partial charge in [0.1, 0.15) is 11.5 Å². The van der Waals surface area contributed by atoms with Crippen molar-refractivity contribution in [1.82, 2.24) is 5.32 Å². The summed E-state index contributed by atoms with van der Waals surface area (Å²) < 4.78 is 7.09. The molecule has 0 bridgehead atoms. The van der Waals surface area contributed by atoms with E-state index in [0.717, 1.165) is 41.0 Å². The molecular weight excluding hydrogens is 314 g/mol. The van der Waals surface area contributed by atoms with E-state index in [9.17, 15) is 0 Å². The van der Waals surface area contributed by atoms with Crippen LogP contribution in [0.15, 0.2) is 46.9 Å². The Bertz CT molecular complexity index is 569. The zero-order chi connectivity index (χ0) is 14.4. The van der Waals surface area contributed by atoms with Gasteiger partial charge in [0.05, 0.1) is 0 Å². The van der Waals surface area contributed by atoms with Crippen molar-refractivity contribution >= 4 is 15.9 Å². The van der Waals surface area contributed by atoms with E-state index in [-0.39, 0.29) is 0 Å². The van der Waals surface area contributed by atoms with E-state index < -0.39 is 0 Å². The Kier molecular flexibility index (Phi) is 5.62. The van der Waals surface area contributed by atoms with E-state index in [1.165, 1.54) is 5.56 Å². The molecular formula is C17H20BrNO. The van der Waals surface area contributed by atoms with Gasteiger partial charge in [0.25, 0.3) is 0 Å². The molecule has 0 aliphatic heterocycles. The predicted octanol–water partition coefficient (Wildman–Crippen LogP) is 4.91. The summed E-state index contributed by atoms with van der Waals surface area (Å²) in [5.74, 6) is 1.79. The molecule has 20 heavy (non-hydrogen) atoms. The van der Waals surface area contributed by atoms with Crippen LogP contribution in [0, 0.1) is 0 Å². The van der Waals surface area contributed by atoms with Gasteiger partial charge in [0.15, 0.2) is 0 Å². The van der Waals surface area contributed by atoms with Gasteiger partial charge >= 0.3 is 0 Å². The largest absolute Gasteiger partial charge is 0.457 e. The summed E-state index contributed by atoms with van der Waals surface area (Å²) >= 11 is 3.51. The van der Waals surface area contributed by atoms with Crippen LogP contribution in [0.5, 0.6) is 11.5 Å². The van der Waals surface area contributed by atoms with E-state index in [1.807, 2.05) is 24.3 Å². The Hall–Kier alpha value is -1.32. The fourth-order valence-corrected chi connectivity index (χ4v) is 2.33. The molecule has 0 spiro atoms. The lowest BCUT2D eigenvalue weighted by Gasteiger charge is -2.13. The average molecular weight is 334 g/mol.